The largest absolute Gasteiger partial charge is 0.264 e. The Hall–Kier alpha value is -3.41. The van der Waals surface area contributed by atoms with Gasteiger partial charge in [0.25, 0.3) is 10.0 Å². The molecular weight excluding hydrogens is 470 g/mol. The van der Waals surface area contributed by atoms with Crippen molar-refractivity contribution in [3.63, 3.8) is 0 Å². The van der Waals surface area contributed by atoms with Gasteiger partial charge in [0, 0.05) is 21.2 Å². The Balaban J connectivity index is 1.60. The molecule has 5 heteroatoms. The van der Waals surface area contributed by atoms with E-state index in [1.165, 1.54) is 15.6 Å². The second-order valence-corrected chi connectivity index (χ2v) is 11.7. The molecule has 174 valence electrons. The summed E-state index contributed by atoms with van der Waals surface area (Å²) in [7, 11) is -3.77. The van der Waals surface area contributed by atoms with Crippen molar-refractivity contribution >= 4 is 37.1 Å². The van der Waals surface area contributed by atoms with Crippen molar-refractivity contribution in [3.8, 4) is 22.3 Å². The SMILES string of the molecule is CCC1c2ccccc2-c2cc(-c3csc4ccccc34)ccc2N1S(=O)(=O)c1cccc(C)c1. The van der Waals surface area contributed by atoms with Crippen molar-refractivity contribution in [3.05, 3.63) is 108 Å². The van der Waals surface area contributed by atoms with Crippen LogP contribution < -0.4 is 4.31 Å². The predicted molar refractivity (Wildman–Crippen MR) is 147 cm³/mol. The van der Waals surface area contributed by atoms with E-state index < -0.39 is 10.0 Å². The molecule has 35 heavy (non-hydrogen) atoms. The molecule has 0 N–H and O–H groups in total. The van der Waals surface area contributed by atoms with Crippen LogP contribution in [-0.4, -0.2) is 8.42 Å². The third kappa shape index (κ3) is 3.49. The van der Waals surface area contributed by atoms with Crippen LogP contribution in [0, 0.1) is 6.92 Å². The van der Waals surface area contributed by atoms with Gasteiger partial charge in [-0.3, -0.25) is 4.31 Å². The Morgan fingerprint density at radius 1 is 0.829 bits per heavy atom. The highest BCUT2D eigenvalue weighted by Gasteiger charge is 2.38. The Labute approximate surface area is 210 Å². The summed E-state index contributed by atoms with van der Waals surface area (Å²) in [6, 6.07) is 29.8. The van der Waals surface area contributed by atoms with Gasteiger partial charge in [-0.2, -0.15) is 0 Å². The van der Waals surface area contributed by atoms with Gasteiger partial charge in [-0.1, -0.05) is 67.6 Å². The minimum absolute atomic E-state index is 0.267. The number of nitrogens with zero attached hydrogens (tertiary/aromatic N) is 1. The monoisotopic (exact) mass is 495 g/mol. The first-order valence-electron chi connectivity index (χ1n) is 11.8. The van der Waals surface area contributed by atoms with E-state index in [9.17, 15) is 8.42 Å². The number of rotatable bonds is 4. The molecule has 0 saturated heterocycles. The normalized spacial score (nSPS) is 15.1. The van der Waals surface area contributed by atoms with Crippen molar-refractivity contribution in [2.45, 2.75) is 31.2 Å². The molecule has 0 fully saturated rings. The molecule has 0 bridgehead atoms. The molecule has 1 aliphatic heterocycles. The molecule has 1 aromatic heterocycles. The number of thiophene rings is 1. The van der Waals surface area contributed by atoms with E-state index in [0.717, 1.165) is 33.5 Å². The summed E-state index contributed by atoms with van der Waals surface area (Å²) >= 11 is 1.73. The Kier molecular flexibility index (Phi) is 5.28. The van der Waals surface area contributed by atoms with Gasteiger partial charge in [-0.25, -0.2) is 8.42 Å². The van der Waals surface area contributed by atoms with E-state index >= 15 is 0 Å². The summed E-state index contributed by atoms with van der Waals surface area (Å²) in [5.74, 6) is 0. The first kappa shape index (κ1) is 22.1. The fraction of sp³-hybridized carbons (Fsp3) is 0.133. The maximum Gasteiger partial charge on any atom is 0.264 e. The molecule has 1 atom stereocenters. The molecule has 0 spiro atoms. The number of aryl methyl sites for hydroxylation is 1. The van der Waals surface area contributed by atoms with Crippen LogP contribution in [-0.2, 0) is 10.0 Å². The number of anilines is 1. The van der Waals surface area contributed by atoms with E-state index in [0.29, 0.717) is 11.3 Å². The van der Waals surface area contributed by atoms with E-state index in [4.69, 9.17) is 0 Å². The number of benzene rings is 4. The second-order valence-electron chi connectivity index (χ2n) is 9.01. The maximum atomic E-state index is 14.1. The minimum Gasteiger partial charge on any atom is -0.258 e. The smallest absolute Gasteiger partial charge is 0.258 e. The maximum absolute atomic E-state index is 14.1. The molecule has 2 heterocycles. The first-order valence-corrected chi connectivity index (χ1v) is 14.1. The standard InChI is InChI=1S/C30H25NO2S2/c1-3-28-24-12-5-4-11-23(24)26-18-21(27-19-34-30-14-7-6-13-25(27)30)15-16-29(26)31(28)35(32,33)22-10-8-9-20(2)17-22/h4-19,28H,3H2,1-2H3. The molecule has 5 aromatic rings. The fourth-order valence-corrected chi connectivity index (χ4v) is 8.01. The second kappa shape index (κ2) is 8.36. The predicted octanol–water partition coefficient (Wildman–Crippen LogP) is 8.20. The lowest BCUT2D eigenvalue weighted by Gasteiger charge is -2.39. The van der Waals surface area contributed by atoms with Crippen molar-refractivity contribution in [1.82, 2.24) is 0 Å². The highest BCUT2D eigenvalue weighted by molar-refractivity contribution is 7.92. The number of hydrogen-bond donors (Lipinski definition) is 0. The molecule has 3 nitrogen and oxygen atoms in total. The van der Waals surface area contributed by atoms with E-state index in [1.807, 2.05) is 37.3 Å². The van der Waals surface area contributed by atoms with Crippen molar-refractivity contribution in [2.75, 3.05) is 4.31 Å². The van der Waals surface area contributed by atoms with Crippen LogP contribution in [0.5, 0.6) is 0 Å². The van der Waals surface area contributed by atoms with Gasteiger partial charge in [0.1, 0.15) is 0 Å². The van der Waals surface area contributed by atoms with Gasteiger partial charge in [0.15, 0.2) is 0 Å². The molecular formula is C30H25NO2S2. The zero-order valence-electron chi connectivity index (χ0n) is 19.6. The van der Waals surface area contributed by atoms with Crippen LogP contribution in [0.3, 0.4) is 0 Å². The van der Waals surface area contributed by atoms with Gasteiger partial charge >= 0.3 is 0 Å². The van der Waals surface area contributed by atoms with Crippen LogP contribution in [0.25, 0.3) is 32.3 Å². The average molecular weight is 496 g/mol. The first-order chi connectivity index (χ1) is 17.0. The molecule has 0 saturated carbocycles. The Morgan fingerprint density at radius 2 is 1.63 bits per heavy atom. The van der Waals surface area contributed by atoms with Crippen LogP contribution >= 0.6 is 11.3 Å². The Bertz CT molecular complexity index is 1680. The minimum atomic E-state index is -3.77. The van der Waals surface area contributed by atoms with Crippen molar-refractivity contribution in [2.24, 2.45) is 0 Å². The third-order valence-electron chi connectivity index (χ3n) is 6.85. The molecule has 1 unspecified atom stereocenters. The van der Waals surface area contributed by atoms with E-state index in [1.54, 1.807) is 27.8 Å². The summed E-state index contributed by atoms with van der Waals surface area (Å²) in [5, 5.41) is 3.41. The van der Waals surface area contributed by atoms with E-state index in [2.05, 4.69) is 60.8 Å². The van der Waals surface area contributed by atoms with Gasteiger partial charge in [0.2, 0.25) is 0 Å². The quantitative estimate of drug-likeness (QED) is 0.252. The molecule has 1 aliphatic rings. The molecule has 0 aliphatic carbocycles. The molecule has 4 aromatic carbocycles. The van der Waals surface area contributed by atoms with Gasteiger partial charge in [-0.05, 0) is 71.3 Å². The van der Waals surface area contributed by atoms with Crippen LogP contribution in [0.4, 0.5) is 5.69 Å². The highest BCUT2D eigenvalue weighted by atomic mass is 32.2. The lowest BCUT2D eigenvalue weighted by atomic mass is 9.87. The van der Waals surface area contributed by atoms with Crippen molar-refractivity contribution in [1.29, 1.82) is 0 Å². The summed E-state index contributed by atoms with van der Waals surface area (Å²) in [6.45, 7) is 3.98. The van der Waals surface area contributed by atoms with Gasteiger partial charge < -0.3 is 0 Å². The number of hydrogen-bond acceptors (Lipinski definition) is 3. The molecule has 0 amide bonds. The lowest BCUT2D eigenvalue weighted by Crippen LogP contribution is -2.37. The average Bonchev–Trinajstić information content (AvgIpc) is 3.32. The third-order valence-corrected chi connectivity index (χ3v) is 9.63. The van der Waals surface area contributed by atoms with Gasteiger partial charge in [-0.15, -0.1) is 11.3 Å². The van der Waals surface area contributed by atoms with Crippen LogP contribution in [0.2, 0.25) is 0 Å². The van der Waals surface area contributed by atoms with Crippen molar-refractivity contribution < 1.29 is 8.42 Å². The Morgan fingerprint density at radius 3 is 2.46 bits per heavy atom. The van der Waals surface area contributed by atoms with Crippen LogP contribution in [0.15, 0.2) is 101 Å². The zero-order valence-corrected chi connectivity index (χ0v) is 21.2. The van der Waals surface area contributed by atoms with Crippen LogP contribution in [0.1, 0.15) is 30.5 Å². The van der Waals surface area contributed by atoms with Gasteiger partial charge in [0.05, 0.1) is 16.6 Å². The number of sulfonamides is 1. The fourth-order valence-electron chi connectivity index (χ4n) is 5.21. The zero-order chi connectivity index (χ0) is 24.2. The van der Waals surface area contributed by atoms with E-state index in [-0.39, 0.29) is 6.04 Å². The highest BCUT2D eigenvalue weighted by Crippen LogP contribution is 2.50. The summed E-state index contributed by atoms with van der Waals surface area (Å²) < 4.78 is 31.1. The summed E-state index contributed by atoms with van der Waals surface area (Å²) in [4.78, 5) is 0.328. The topological polar surface area (TPSA) is 37.4 Å². The summed E-state index contributed by atoms with van der Waals surface area (Å²) in [5.41, 5.74) is 7.04. The number of fused-ring (bicyclic) bond motifs is 4. The lowest BCUT2D eigenvalue weighted by molar-refractivity contribution is 0.572. The molecule has 0 radical (unpaired) electrons. The summed E-state index contributed by atoms with van der Waals surface area (Å²) in [6.07, 6.45) is 0.679. The molecule has 6 rings (SSSR count).